The average molecular weight is 454 g/mol. The van der Waals surface area contributed by atoms with Gasteiger partial charge in [0.25, 0.3) is 5.91 Å². The summed E-state index contributed by atoms with van der Waals surface area (Å²) in [4.78, 5) is 31.3. The fourth-order valence-electron chi connectivity index (χ4n) is 3.93. The summed E-state index contributed by atoms with van der Waals surface area (Å²) in [5, 5.41) is 4.08. The number of halogens is 1. The van der Waals surface area contributed by atoms with E-state index in [9.17, 15) is 9.59 Å². The third-order valence-electron chi connectivity index (χ3n) is 5.46. The number of para-hydroxylation sites is 1. The number of rotatable bonds is 5. The third-order valence-corrected chi connectivity index (χ3v) is 5.95. The SMILES string of the molecule is O=C(NC(Cc1c[nH]c2ccccc12)C(=O)N1CCCCC1)c1cccc(Br)c1. The molecular formula is C23H24BrN3O2. The van der Waals surface area contributed by atoms with Crippen molar-refractivity contribution in [3.63, 3.8) is 0 Å². The summed E-state index contributed by atoms with van der Waals surface area (Å²) in [6, 6.07) is 14.6. The topological polar surface area (TPSA) is 65.2 Å². The molecule has 150 valence electrons. The summed E-state index contributed by atoms with van der Waals surface area (Å²) in [5.74, 6) is -0.236. The van der Waals surface area contributed by atoms with E-state index in [1.807, 2.05) is 47.5 Å². The maximum absolute atomic E-state index is 13.3. The first kappa shape index (κ1) is 19.7. The first-order valence-corrected chi connectivity index (χ1v) is 10.8. The third kappa shape index (κ3) is 4.53. The molecule has 2 heterocycles. The zero-order valence-electron chi connectivity index (χ0n) is 16.2. The summed E-state index contributed by atoms with van der Waals surface area (Å²) < 4.78 is 0.834. The highest BCUT2D eigenvalue weighted by atomic mass is 79.9. The van der Waals surface area contributed by atoms with Crippen molar-refractivity contribution in [3.8, 4) is 0 Å². The molecule has 5 nitrogen and oxygen atoms in total. The first-order valence-electron chi connectivity index (χ1n) is 10.0. The number of fused-ring (bicyclic) bond motifs is 1. The molecule has 1 unspecified atom stereocenters. The van der Waals surface area contributed by atoms with Crippen LogP contribution >= 0.6 is 15.9 Å². The Hall–Kier alpha value is -2.60. The van der Waals surface area contributed by atoms with E-state index in [1.54, 1.807) is 12.1 Å². The molecule has 4 rings (SSSR count). The van der Waals surface area contributed by atoms with Crippen molar-refractivity contribution in [1.29, 1.82) is 0 Å². The Morgan fingerprint density at radius 3 is 2.66 bits per heavy atom. The van der Waals surface area contributed by atoms with Crippen LogP contribution in [0.15, 0.2) is 59.2 Å². The molecule has 1 aliphatic rings. The fraction of sp³-hybridized carbons (Fsp3) is 0.304. The minimum atomic E-state index is -0.598. The molecule has 1 aromatic heterocycles. The number of benzene rings is 2. The van der Waals surface area contributed by atoms with Crippen LogP contribution in [0.1, 0.15) is 35.2 Å². The molecule has 3 aromatic rings. The number of hydrogen-bond acceptors (Lipinski definition) is 2. The van der Waals surface area contributed by atoms with Gasteiger partial charge in [-0.25, -0.2) is 0 Å². The number of aromatic amines is 1. The molecule has 1 fully saturated rings. The number of piperidine rings is 1. The van der Waals surface area contributed by atoms with Gasteiger partial charge in [-0.3, -0.25) is 9.59 Å². The van der Waals surface area contributed by atoms with E-state index >= 15 is 0 Å². The maximum atomic E-state index is 13.3. The Balaban J connectivity index is 1.59. The number of nitrogens with one attached hydrogen (secondary N) is 2. The van der Waals surface area contributed by atoms with Gasteiger partial charge < -0.3 is 15.2 Å². The number of carbonyl (C=O) groups is 2. The molecule has 1 aliphatic heterocycles. The molecule has 0 radical (unpaired) electrons. The zero-order valence-corrected chi connectivity index (χ0v) is 17.7. The Labute approximate surface area is 178 Å². The number of H-pyrrole nitrogens is 1. The predicted molar refractivity (Wildman–Crippen MR) is 118 cm³/mol. The van der Waals surface area contributed by atoms with Gasteiger partial charge in [-0.05, 0) is 49.1 Å². The van der Waals surface area contributed by atoms with E-state index in [0.29, 0.717) is 12.0 Å². The molecule has 1 saturated heterocycles. The van der Waals surface area contributed by atoms with Gasteiger partial charge >= 0.3 is 0 Å². The van der Waals surface area contributed by atoms with Gasteiger partial charge in [0.2, 0.25) is 5.91 Å². The van der Waals surface area contributed by atoms with E-state index in [0.717, 1.165) is 53.3 Å². The molecule has 2 amide bonds. The fourth-order valence-corrected chi connectivity index (χ4v) is 4.33. The van der Waals surface area contributed by atoms with Gasteiger partial charge in [-0.15, -0.1) is 0 Å². The quantitative estimate of drug-likeness (QED) is 0.605. The summed E-state index contributed by atoms with van der Waals surface area (Å²) in [5.41, 5.74) is 2.60. The van der Waals surface area contributed by atoms with Crippen molar-refractivity contribution in [2.75, 3.05) is 13.1 Å². The van der Waals surface area contributed by atoms with Crippen molar-refractivity contribution in [1.82, 2.24) is 15.2 Å². The summed E-state index contributed by atoms with van der Waals surface area (Å²) in [6.07, 6.45) is 5.59. The molecular weight excluding hydrogens is 430 g/mol. The Bertz CT molecular complexity index is 1020. The smallest absolute Gasteiger partial charge is 0.251 e. The van der Waals surface area contributed by atoms with E-state index in [-0.39, 0.29) is 11.8 Å². The number of likely N-dealkylation sites (tertiary alicyclic amines) is 1. The Morgan fingerprint density at radius 1 is 1.07 bits per heavy atom. The second-order valence-electron chi connectivity index (χ2n) is 7.49. The minimum Gasteiger partial charge on any atom is -0.361 e. The number of hydrogen-bond donors (Lipinski definition) is 2. The van der Waals surface area contributed by atoms with Crippen LogP contribution in [0.2, 0.25) is 0 Å². The number of amides is 2. The van der Waals surface area contributed by atoms with Gasteiger partial charge in [0.15, 0.2) is 0 Å². The second kappa shape index (κ2) is 8.82. The van der Waals surface area contributed by atoms with Gasteiger partial charge in [-0.1, -0.05) is 40.2 Å². The monoisotopic (exact) mass is 453 g/mol. The summed E-state index contributed by atoms with van der Waals surface area (Å²) >= 11 is 3.40. The van der Waals surface area contributed by atoms with E-state index in [4.69, 9.17) is 0 Å². The van der Waals surface area contributed by atoms with Crippen LogP contribution < -0.4 is 5.32 Å². The largest absolute Gasteiger partial charge is 0.361 e. The van der Waals surface area contributed by atoms with E-state index in [2.05, 4.69) is 26.2 Å². The van der Waals surface area contributed by atoms with Crippen LogP contribution in [0, 0.1) is 0 Å². The highest BCUT2D eigenvalue weighted by Gasteiger charge is 2.28. The van der Waals surface area contributed by atoms with Gasteiger partial charge in [0, 0.05) is 46.6 Å². The molecule has 6 heteroatoms. The van der Waals surface area contributed by atoms with Crippen molar-refractivity contribution < 1.29 is 9.59 Å². The normalized spacial score (nSPS) is 15.3. The molecule has 2 aromatic carbocycles. The second-order valence-corrected chi connectivity index (χ2v) is 8.40. The van der Waals surface area contributed by atoms with Gasteiger partial charge in [0.05, 0.1) is 0 Å². The molecule has 0 saturated carbocycles. The highest BCUT2D eigenvalue weighted by Crippen LogP contribution is 2.21. The molecule has 0 spiro atoms. The van der Waals surface area contributed by atoms with Crippen molar-refractivity contribution >= 4 is 38.6 Å². The van der Waals surface area contributed by atoms with Crippen LogP contribution in [-0.4, -0.2) is 40.8 Å². The molecule has 0 bridgehead atoms. The van der Waals surface area contributed by atoms with Crippen LogP contribution in [0.25, 0.3) is 10.9 Å². The van der Waals surface area contributed by atoms with Crippen LogP contribution in [-0.2, 0) is 11.2 Å². The number of aromatic nitrogens is 1. The Kier molecular flexibility index (Phi) is 6.00. The van der Waals surface area contributed by atoms with Crippen LogP contribution in [0.3, 0.4) is 0 Å². The molecule has 1 atom stereocenters. The lowest BCUT2D eigenvalue weighted by molar-refractivity contribution is -0.134. The average Bonchev–Trinajstić information content (AvgIpc) is 3.16. The number of nitrogens with zero attached hydrogens (tertiary/aromatic N) is 1. The van der Waals surface area contributed by atoms with E-state index < -0.39 is 6.04 Å². The number of carbonyl (C=O) groups excluding carboxylic acids is 2. The molecule has 29 heavy (non-hydrogen) atoms. The summed E-state index contributed by atoms with van der Waals surface area (Å²) in [6.45, 7) is 1.52. The Morgan fingerprint density at radius 2 is 1.86 bits per heavy atom. The van der Waals surface area contributed by atoms with Gasteiger partial charge in [-0.2, -0.15) is 0 Å². The predicted octanol–water partition coefficient (Wildman–Crippen LogP) is 4.28. The van der Waals surface area contributed by atoms with Crippen molar-refractivity contribution in [3.05, 3.63) is 70.3 Å². The first-order chi connectivity index (χ1) is 14.1. The van der Waals surface area contributed by atoms with E-state index in [1.165, 1.54) is 0 Å². The highest BCUT2D eigenvalue weighted by molar-refractivity contribution is 9.10. The lowest BCUT2D eigenvalue weighted by atomic mass is 10.0. The molecule has 2 N–H and O–H groups in total. The minimum absolute atomic E-state index is 0.00155. The molecule has 0 aliphatic carbocycles. The van der Waals surface area contributed by atoms with Crippen molar-refractivity contribution in [2.45, 2.75) is 31.7 Å². The lowest BCUT2D eigenvalue weighted by Gasteiger charge is -2.30. The van der Waals surface area contributed by atoms with Gasteiger partial charge in [0.1, 0.15) is 6.04 Å². The van der Waals surface area contributed by atoms with Crippen LogP contribution in [0.5, 0.6) is 0 Å². The summed E-state index contributed by atoms with van der Waals surface area (Å²) in [7, 11) is 0. The standard InChI is InChI=1S/C23H24BrN3O2/c24-18-8-6-7-16(13-18)22(28)26-21(23(29)27-11-4-1-5-12-27)14-17-15-25-20-10-3-2-9-19(17)20/h2-3,6-10,13,15,21,25H,1,4-5,11-12,14H2,(H,26,28). The zero-order chi connectivity index (χ0) is 20.2. The maximum Gasteiger partial charge on any atom is 0.251 e. The van der Waals surface area contributed by atoms with Crippen LogP contribution in [0.4, 0.5) is 0 Å². The van der Waals surface area contributed by atoms with Crippen molar-refractivity contribution in [2.24, 2.45) is 0 Å². The lowest BCUT2D eigenvalue weighted by Crippen LogP contribution is -2.51.